The van der Waals surface area contributed by atoms with Crippen LogP contribution < -0.4 is 0 Å². The van der Waals surface area contributed by atoms with Gasteiger partial charge in [0.25, 0.3) is 0 Å². The Kier molecular flexibility index (Phi) is 5.71. The summed E-state index contributed by atoms with van der Waals surface area (Å²) in [5, 5.41) is 7.75. The fourth-order valence-electron chi connectivity index (χ4n) is 1.39. The highest BCUT2D eigenvalue weighted by molar-refractivity contribution is 5.82. The van der Waals surface area contributed by atoms with E-state index in [-0.39, 0.29) is 5.90 Å². The fourth-order valence-corrected chi connectivity index (χ4v) is 1.39. The highest BCUT2D eigenvalue weighted by Crippen LogP contribution is 2.22. The lowest BCUT2D eigenvalue weighted by Gasteiger charge is -2.31. The van der Waals surface area contributed by atoms with Crippen LogP contribution in [0.4, 0.5) is 0 Å². The molecule has 0 saturated carbocycles. The van der Waals surface area contributed by atoms with Crippen molar-refractivity contribution in [1.29, 1.82) is 5.41 Å². The van der Waals surface area contributed by atoms with Gasteiger partial charge in [0.15, 0.2) is 0 Å². The van der Waals surface area contributed by atoms with Gasteiger partial charge in [-0.05, 0) is 26.7 Å². The largest absolute Gasteiger partial charge is 0.479 e. The van der Waals surface area contributed by atoms with Crippen molar-refractivity contribution in [2.24, 2.45) is 0 Å². The molecule has 78 valence electrons. The Hall–Kier alpha value is -0.570. The molecule has 3 nitrogen and oxygen atoms in total. The lowest BCUT2D eigenvalue weighted by Crippen LogP contribution is -2.41. The molecule has 0 rings (SSSR count). The molecule has 0 aromatic rings. The van der Waals surface area contributed by atoms with E-state index in [0.29, 0.717) is 13.2 Å². The van der Waals surface area contributed by atoms with Crippen molar-refractivity contribution in [1.82, 2.24) is 0 Å². The van der Waals surface area contributed by atoms with Gasteiger partial charge in [0.2, 0.25) is 5.90 Å². The van der Waals surface area contributed by atoms with Gasteiger partial charge in [0.1, 0.15) is 5.60 Å². The molecule has 13 heavy (non-hydrogen) atoms. The maximum atomic E-state index is 7.75. The Bertz CT molecular complexity index is 153. The second-order valence-electron chi connectivity index (χ2n) is 2.90. The molecular weight excluding hydrogens is 166 g/mol. The summed E-state index contributed by atoms with van der Waals surface area (Å²) in [4.78, 5) is 0. The van der Waals surface area contributed by atoms with E-state index in [1.54, 1.807) is 0 Å². The van der Waals surface area contributed by atoms with Crippen molar-refractivity contribution in [3.05, 3.63) is 0 Å². The first kappa shape index (κ1) is 12.4. The average Bonchev–Trinajstić information content (AvgIpc) is 2.14. The molecule has 0 spiro atoms. The summed E-state index contributed by atoms with van der Waals surface area (Å²) in [6.07, 6.45) is 1.58. The molecule has 0 saturated heterocycles. The maximum absolute atomic E-state index is 7.75. The molecule has 3 heteroatoms. The van der Waals surface area contributed by atoms with Crippen LogP contribution >= 0.6 is 0 Å². The first-order chi connectivity index (χ1) is 6.16. The smallest absolute Gasteiger partial charge is 0.213 e. The van der Waals surface area contributed by atoms with Gasteiger partial charge in [-0.3, -0.25) is 5.41 Å². The summed E-state index contributed by atoms with van der Waals surface area (Å²) < 4.78 is 10.8. The molecule has 0 aliphatic carbocycles. The maximum Gasteiger partial charge on any atom is 0.213 e. The van der Waals surface area contributed by atoms with Crippen molar-refractivity contribution in [2.75, 3.05) is 13.2 Å². The van der Waals surface area contributed by atoms with Crippen LogP contribution in [-0.4, -0.2) is 24.7 Å². The van der Waals surface area contributed by atoms with Crippen molar-refractivity contribution >= 4 is 5.90 Å². The molecule has 0 unspecified atom stereocenters. The van der Waals surface area contributed by atoms with Crippen molar-refractivity contribution in [2.45, 2.75) is 46.1 Å². The molecule has 0 heterocycles. The zero-order valence-corrected chi connectivity index (χ0v) is 9.14. The van der Waals surface area contributed by atoms with Crippen molar-refractivity contribution < 1.29 is 9.47 Å². The number of hydrogen-bond donors (Lipinski definition) is 1. The topological polar surface area (TPSA) is 42.3 Å². The predicted molar refractivity (Wildman–Crippen MR) is 54.3 cm³/mol. The third-order valence-corrected chi connectivity index (χ3v) is 2.27. The molecule has 0 aliphatic rings. The Morgan fingerprint density at radius 3 is 1.92 bits per heavy atom. The lowest BCUT2D eigenvalue weighted by atomic mass is 9.97. The average molecular weight is 187 g/mol. The van der Waals surface area contributed by atoms with Crippen LogP contribution in [0.5, 0.6) is 0 Å². The molecule has 0 fully saturated rings. The quantitative estimate of drug-likeness (QED) is 0.513. The van der Waals surface area contributed by atoms with E-state index in [1.165, 1.54) is 0 Å². The van der Waals surface area contributed by atoms with Gasteiger partial charge in [0.05, 0.1) is 6.61 Å². The third kappa shape index (κ3) is 2.99. The molecule has 0 aromatic heterocycles. The third-order valence-electron chi connectivity index (χ3n) is 2.27. The summed E-state index contributed by atoms with van der Waals surface area (Å²) in [6, 6.07) is 0. The Morgan fingerprint density at radius 2 is 1.62 bits per heavy atom. The number of nitrogens with one attached hydrogen (secondary N) is 1. The Balaban J connectivity index is 4.43. The van der Waals surface area contributed by atoms with Gasteiger partial charge < -0.3 is 9.47 Å². The minimum atomic E-state index is -0.495. The highest BCUT2D eigenvalue weighted by atomic mass is 16.5. The Morgan fingerprint density at radius 1 is 1.08 bits per heavy atom. The zero-order chi connectivity index (χ0) is 10.3. The molecule has 1 N–H and O–H groups in total. The van der Waals surface area contributed by atoms with Gasteiger partial charge >= 0.3 is 0 Å². The molecule has 0 aliphatic heterocycles. The lowest BCUT2D eigenvalue weighted by molar-refractivity contribution is -0.00913. The minimum absolute atomic E-state index is 0.266. The summed E-state index contributed by atoms with van der Waals surface area (Å²) in [5.74, 6) is 0.266. The van der Waals surface area contributed by atoms with Crippen LogP contribution in [-0.2, 0) is 9.47 Å². The van der Waals surface area contributed by atoms with Crippen LogP contribution in [0.25, 0.3) is 0 Å². The molecule has 0 radical (unpaired) electrons. The van der Waals surface area contributed by atoms with Crippen molar-refractivity contribution in [3.63, 3.8) is 0 Å². The molecular formula is C10H21NO2. The molecule has 0 bridgehead atoms. The van der Waals surface area contributed by atoms with Crippen LogP contribution in [0.3, 0.4) is 0 Å². The van der Waals surface area contributed by atoms with Gasteiger partial charge in [-0.1, -0.05) is 13.8 Å². The summed E-state index contributed by atoms with van der Waals surface area (Å²) in [6.45, 7) is 9.03. The van der Waals surface area contributed by atoms with Crippen LogP contribution in [0, 0.1) is 5.41 Å². The number of ether oxygens (including phenoxy) is 2. The second-order valence-corrected chi connectivity index (χ2v) is 2.90. The van der Waals surface area contributed by atoms with E-state index in [2.05, 4.69) is 0 Å². The summed E-state index contributed by atoms with van der Waals surface area (Å²) in [7, 11) is 0. The van der Waals surface area contributed by atoms with E-state index < -0.39 is 5.60 Å². The first-order valence-corrected chi connectivity index (χ1v) is 5.02. The molecule has 0 amide bonds. The Labute approximate surface area is 80.9 Å². The summed E-state index contributed by atoms with van der Waals surface area (Å²) in [5.41, 5.74) is -0.495. The minimum Gasteiger partial charge on any atom is -0.479 e. The SMILES string of the molecule is CCOC(=N)C(CC)(CC)OCC. The van der Waals surface area contributed by atoms with E-state index >= 15 is 0 Å². The zero-order valence-electron chi connectivity index (χ0n) is 9.14. The second kappa shape index (κ2) is 5.97. The summed E-state index contributed by atoms with van der Waals surface area (Å²) >= 11 is 0. The van der Waals surface area contributed by atoms with Crippen molar-refractivity contribution in [3.8, 4) is 0 Å². The molecule has 0 atom stereocenters. The van der Waals surface area contributed by atoms with Gasteiger partial charge in [-0.25, -0.2) is 0 Å². The van der Waals surface area contributed by atoms with Gasteiger partial charge in [-0.15, -0.1) is 0 Å². The van der Waals surface area contributed by atoms with Crippen LogP contribution in [0.2, 0.25) is 0 Å². The highest BCUT2D eigenvalue weighted by Gasteiger charge is 2.33. The van der Waals surface area contributed by atoms with Crippen LogP contribution in [0.1, 0.15) is 40.5 Å². The van der Waals surface area contributed by atoms with Gasteiger partial charge in [-0.2, -0.15) is 0 Å². The van der Waals surface area contributed by atoms with Crippen LogP contribution in [0.15, 0.2) is 0 Å². The normalized spacial score (nSPS) is 11.4. The molecule has 0 aromatic carbocycles. The predicted octanol–water partition coefficient (Wildman–Crippen LogP) is 2.60. The number of rotatable bonds is 6. The van der Waals surface area contributed by atoms with E-state index in [0.717, 1.165) is 12.8 Å². The first-order valence-electron chi connectivity index (χ1n) is 5.02. The standard InChI is InChI=1S/C10H21NO2/c1-5-10(6-2,13-8-4)9(11)12-7-3/h11H,5-8H2,1-4H3. The monoisotopic (exact) mass is 187 g/mol. The van der Waals surface area contributed by atoms with E-state index in [1.807, 2.05) is 27.7 Å². The van der Waals surface area contributed by atoms with E-state index in [9.17, 15) is 0 Å². The number of hydrogen-bond acceptors (Lipinski definition) is 3. The van der Waals surface area contributed by atoms with Gasteiger partial charge in [0, 0.05) is 6.61 Å². The van der Waals surface area contributed by atoms with E-state index in [4.69, 9.17) is 14.9 Å². The fraction of sp³-hybridized carbons (Fsp3) is 0.900.